The van der Waals surface area contributed by atoms with E-state index in [9.17, 15) is 18.0 Å². The Balaban J connectivity index is 1.53. The van der Waals surface area contributed by atoms with Crippen LogP contribution >= 0.6 is 23.1 Å². The van der Waals surface area contributed by atoms with Crippen LogP contribution in [0.5, 0.6) is 0 Å². The van der Waals surface area contributed by atoms with Gasteiger partial charge in [-0.25, -0.2) is 15.0 Å². The second-order valence-electron chi connectivity index (χ2n) is 6.86. The van der Waals surface area contributed by atoms with E-state index in [4.69, 9.17) is 0 Å². The van der Waals surface area contributed by atoms with E-state index < -0.39 is 12.0 Å². The number of alkyl halides is 3. The molecule has 1 amide bonds. The van der Waals surface area contributed by atoms with E-state index in [1.54, 1.807) is 30.1 Å². The highest BCUT2D eigenvalue weighted by atomic mass is 32.2. The Morgan fingerprint density at radius 1 is 1.06 bits per heavy atom. The topological polar surface area (TPSA) is 59.0 Å². The molecule has 0 radical (unpaired) electrons. The Labute approximate surface area is 184 Å². The first kappa shape index (κ1) is 21.5. The van der Waals surface area contributed by atoms with Crippen molar-refractivity contribution in [1.82, 2.24) is 19.9 Å². The molecule has 0 spiro atoms. The smallest absolute Gasteiger partial charge is 0.336 e. The zero-order valence-electron chi connectivity index (χ0n) is 16.6. The Hall–Kier alpha value is -2.72. The number of carbonyl (C=O) groups excluding carboxylic acids is 1. The second-order valence-corrected chi connectivity index (χ2v) is 8.88. The maximum absolute atomic E-state index is 13.2. The molecule has 0 saturated heterocycles. The maximum Gasteiger partial charge on any atom is 0.451 e. The van der Waals surface area contributed by atoms with Gasteiger partial charge in [-0.15, -0.1) is 11.3 Å². The fourth-order valence-electron chi connectivity index (χ4n) is 2.97. The standard InChI is InChI=1S/C21H17F3N4OS2/c1-12(18-25-15-9-5-6-10-16(15)31-18)28(2)17(29)11-30-19-13-7-3-4-8-14(13)26-20(27-19)21(22,23)24/h3-10,12H,11H2,1-2H3/t12-/m1/s1. The number of benzene rings is 2. The summed E-state index contributed by atoms with van der Waals surface area (Å²) in [4.78, 5) is 26.2. The minimum Gasteiger partial charge on any atom is -0.336 e. The molecule has 2 aromatic carbocycles. The van der Waals surface area contributed by atoms with Crippen LogP contribution in [-0.4, -0.2) is 38.6 Å². The van der Waals surface area contributed by atoms with Gasteiger partial charge in [-0.2, -0.15) is 13.2 Å². The lowest BCUT2D eigenvalue weighted by Gasteiger charge is -2.23. The number of halogens is 3. The fraction of sp³-hybridized carbons (Fsp3) is 0.238. The lowest BCUT2D eigenvalue weighted by atomic mass is 10.2. The first-order valence-electron chi connectivity index (χ1n) is 9.32. The fourth-order valence-corrected chi connectivity index (χ4v) is 4.97. The number of hydrogen-bond acceptors (Lipinski definition) is 6. The lowest BCUT2D eigenvalue weighted by Crippen LogP contribution is -2.31. The Bertz CT molecular complexity index is 1230. The van der Waals surface area contributed by atoms with Crippen LogP contribution in [0.3, 0.4) is 0 Å². The van der Waals surface area contributed by atoms with Crippen molar-refractivity contribution < 1.29 is 18.0 Å². The van der Waals surface area contributed by atoms with Gasteiger partial charge in [0.15, 0.2) is 0 Å². The van der Waals surface area contributed by atoms with Crippen LogP contribution in [0.2, 0.25) is 0 Å². The summed E-state index contributed by atoms with van der Waals surface area (Å²) in [5.74, 6) is -1.49. The Morgan fingerprint density at radius 2 is 1.74 bits per heavy atom. The molecule has 160 valence electrons. The van der Waals surface area contributed by atoms with Crippen molar-refractivity contribution >= 4 is 50.1 Å². The van der Waals surface area contributed by atoms with Crippen LogP contribution in [0.15, 0.2) is 53.6 Å². The summed E-state index contributed by atoms with van der Waals surface area (Å²) in [7, 11) is 1.67. The van der Waals surface area contributed by atoms with Crippen LogP contribution in [0.4, 0.5) is 13.2 Å². The number of aromatic nitrogens is 3. The summed E-state index contributed by atoms with van der Waals surface area (Å²) in [5, 5.41) is 1.41. The average Bonchev–Trinajstić information content (AvgIpc) is 3.19. The molecular weight excluding hydrogens is 445 g/mol. The molecule has 0 aliphatic rings. The van der Waals surface area contributed by atoms with E-state index in [0.29, 0.717) is 5.39 Å². The maximum atomic E-state index is 13.2. The van der Waals surface area contributed by atoms with Crippen molar-refractivity contribution in [2.24, 2.45) is 0 Å². The van der Waals surface area contributed by atoms with Gasteiger partial charge in [0.25, 0.3) is 0 Å². The number of thiazole rings is 1. The predicted octanol–water partition coefficient (Wildman–Crippen LogP) is 5.57. The number of hydrogen-bond donors (Lipinski definition) is 0. The van der Waals surface area contributed by atoms with Gasteiger partial charge in [-0.1, -0.05) is 42.1 Å². The molecule has 10 heteroatoms. The predicted molar refractivity (Wildman–Crippen MR) is 116 cm³/mol. The summed E-state index contributed by atoms with van der Waals surface area (Å²) in [5.41, 5.74) is 1.06. The minimum absolute atomic E-state index is 0.0515. The van der Waals surface area contributed by atoms with Crippen molar-refractivity contribution in [1.29, 1.82) is 0 Å². The van der Waals surface area contributed by atoms with Crippen molar-refractivity contribution in [2.75, 3.05) is 12.8 Å². The summed E-state index contributed by atoms with van der Waals surface area (Å²) < 4.78 is 40.6. The number of thioether (sulfide) groups is 1. The molecule has 31 heavy (non-hydrogen) atoms. The van der Waals surface area contributed by atoms with E-state index in [-0.39, 0.29) is 28.2 Å². The molecule has 2 heterocycles. The highest BCUT2D eigenvalue weighted by Gasteiger charge is 2.35. The summed E-state index contributed by atoms with van der Waals surface area (Å²) in [6.45, 7) is 1.88. The minimum atomic E-state index is -4.67. The summed E-state index contributed by atoms with van der Waals surface area (Å²) >= 11 is 2.49. The zero-order valence-corrected chi connectivity index (χ0v) is 18.2. The molecule has 0 bridgehead atoms. The van der Waals surface area contributed by atoms with Crippen molar-refractivity contribution in [3.05, 3.63) is 59.4 Å². The molecule has 0 aliphatic heterocycles. The number of fused-ring (bicyclic) bond motifs is 2. The number of para-hydroxylation sites is 2. The van der Waals surface area contributed by atoms with Gasteiger partial charge >= 0.3 is 6.18 Å². The van der Waals surface area contributed by atoms with Crippen LogP contribution < -0.4 is 0 Å². The van der Waals surface area contributed by atoms with Crippen LogP contribution in [0.25, 0.3) is 21.1 Å². The zero-order chi connectivity index (χ0) is 22.2. The average molecular weight is 463 g/mol. The Morgan fingerprint density at radius 3 is 2.45 bits per heavy atom. The lowest BCUT2D eigenvalue weighted by molar-refractivity contribution is -0.145. The highest BCUT2D eigenvalue weighted by Crippen LogP contribution is 2.33. The van der Waals surface area contributed by atoms with Crippen LogP contribution in [0.1, 0.15) is 23.8 Å². The van der Waals surface area contributed by atoms with Gasteiger partial charge in [0.2, 0.25) is 11.7 Å². The quantitative estimate of drug-likeness (QED) is 0.287. The van der Waals surface area contributed by atoms with Gasteiger partial charge in [0.05, 0.1) is 27.5 Å². The molecule has 1 atom stereocenters. The van der Waals surface area contributed by atoms with Gasteiger partial charge in [-0.3, -0.25) is 4.79 Å². The molecule has 4 rings (SSSR count). The van der Waals surface area contributed by atoms with Gasteiger partial charge < -0.3 is 4.90 Å². The third-order valence-corrected chi connectivity index (χ3v) is 6.98. The second kappa shape index (κ2) is 8.43. The van der Waals surface area contributed by atoms with Crippen molar-refractivity contribution in [3.8, 4) is 0 Å². The SMILES string of the molecule is C[C@H](c1nc2ccccc2s1)N(C)C(=O)CSc1nc(C(F)(F)F)nc2ccccc12. The number of nitrogens with zero attached hydrogens (tertiary/aromatic N) is 4. The largest absolute Gasteiger partial charge is 0.451 e. The number of rotatable bonds is 5. The van der Waals surface area contributed by atoms with E-state index >= 15 is 0 Å². The molecule has 0 aliphatic carbocycles. The molecule has 0 N–H and O–H groups in total. The first-order chi connectivity index (χ1) is 14.7. The molecular formula is C21H17F3N4OS2. The molecule has 0 unspecified atom stereocenters. The highest BCUT2D eigenvalue weighted by molar-refractivity contribution is 8.00. The van der Waals surface area contributed by atoms with E-state index in [1.165, 1.54) is 17.4 Å². The van der Waals surface area contributed by atoms with Crippen LogP contribution in [-0.2, 0) is 11.0 Å². The third-order valence-electron chi connectivity index (χ3n) is 4.80. The molecule has 0 saturated carbocycles. The van der Waals surface area contributed by atoms with E-state index in [1.807, 2.05) is 31.2 Å². The third kappa shape index (κ3) is 4.49. The van der Waals surface area contributed by atoms with Crippen molar-refractivity contribution in [3.63, 3.8) is 0 Å². The van der Waals surface area contributed by atoms with Gasteiger partial charge in [0.1, 0.15) is 10.0 Å². The van der Waals surface area contributed by atoms with Gasteiger partial charge in [-0.05, 0) is 25.1 Å². The monoisotopic (exact) mass is 462 g/mol. The Kier molecular flexibility index (Phi) is 5.85. The van der Waals surface area contributed by atoms with E-state index in [2.05, 4.69) is 15.0 Å². The molecule has 4 aromatic rings. The molecule has 5 nitrogen and oxygen atoms in total. The summed E-state index contributed by atoms with van der Waals surface area (Å²) in [6.07, 6.45) is -4.67. The van der Waals surface area contributed by atoms with Crippen molar-refractivity contribution in [2.45, 2.75) is 24.2 Å². The van der Waals surface area contributed by atoms with E-state index in [0.717, 1.165) is 27.0 Å². The van der Waals surface area contributed by atoms with Crippen LogP contribution in [0, 0.1) is 0 Å². The number of amides is 1. The summed E-state index contributed by atoms with van der Waals surface area (Å²) in [6, 6.07) is 13.9. The number of carbonyl (C=O) groups is 1. The van der Waals surface area contributed by atoms with Gasteiger partial charge in [0, 0.05) is 12.4 Å². The normalized spacial score (nSPS) is 12.9. The molecule has 0 fully saturated rings. The first-order valence-corrected chi connectivity index (χ1v) is 11.1. The molecule has 2 aromatic heterocycles.